The number of fused-ring (bicyclic) bond motifs is 13. The molecule has 66 heavy (non-hydrogen) atoms. The van der Waals surface area contributed by atoms with Gasteiger partial charge < -0.3 is 4.42 Å². The normalized spacial score (nSPS) is 13.3. The van der Waals surface area contributed by atoms with Crippen molar-refractivity contribution in [2.24, 2.45) is 0 Å². The molecule has 2 heteroatoms. The summed E-state index contributed by atoms with van der Waals surface area (Å²) >= 11 is 0. The molecule has 0 saturated carbocycles. The summed E-state index contributed by atoms with van der Waals surface area (Å²) in [5.74, 6) is 0. The van der Waals surface area contributed by atoms with Gasteiger partial charge >= 0.3 is 0 Å². The van der Waals surface area contributed by atoms with Crippen molar-refractivity contribution in [1.82, 2.24) is 0 Å². The Bertz CT molecular complexity index is 4260. The first kappa shape index (κ1) is 36.1. The van der Waals surface area contributed by atoms with Crippen LogP contribution in [0.5, 0.6) is 0 Å². The molecule has 0 bridgehead atoms. The summed E-state index contributed by atoms with van der Waals surface area (Å²) in [6.45, 7) is 0. The molecule has 0 fully saturated rings. The maximum Gasteiger partial charge on any atom is 0.180 e. The first-order valence-corrected chi connectivity index (χ1v) is 25.0. The Hall–Kier alpha value is -8.30. The van der Waals surface area contributed by atoms with E-state index in [1.807, 2.05) is 0 Å². The van der Waals surface area contributed by atoms with Crippen LogP contribution in [0.4, 0.5) is 0 Å². The summed E-state index contributed by atoms with van der Waals surface area (Å²) in [4.78, 5) is 0. The predicted octanol–water partition coefficient (Wildman–Crippen LogP) is 14.6. The third-order valence-electron chi connectivity index (χ3n) is 15.1. The molecule has 0 unspecified atom stereocenters. The van der Waals surface area contributed by atoms with Crippen molar-refractivity contribution in [3.8, 4) is 33.4 Å². The van der Waals surface area contributed by atoms with Crippen molar-refractivity contribution in [1.29, 1.82) is 0 Å². The topological polar surface area (TPSA) is 13.1 Å². The molecule has 14 aromatic rings. The van der Waals surface area contributed by atoms with Crippen LogP contribution < -0.4 is 20.7 Å². The minimum absolute atomic E-state index is 0.901. The van der Waals surface area contributed by atoms with E-state index < -0.39 is 8.07 Å². The Morgan fingerprint density at radius 1 is 0.273 bits per heavy atom. The quantitative estimate of drug-likeness (QED) is 0.127. The molecule has 0 amide bonds. The molecule has 0 atom stereocenters. The summed E-state index contributed by atoms with van der Waals surface area (Å²) in [7, 11) is -2.65. The average Bonchev–Trinajstić information content (AvgIpc) is 3.91. The maximum absolute atomic E-state index is 6.53. The SMILES string of the molecule is c1ccc([Si]2(c3ccccc3)c3ccccc3-c3c2ccc2c4ccc(-c5ccc6oc7ccc(-c8ccc9ccc%10cccc%11ccc8c9c%10%11)cc7c6c5)cc4c4ccccc4c32)cc1. The summed E-state index contributed by atoms with van der Waals surface area (Å²) < 4.78 is 6.53. The molecule has 304 valence electrons. The standard InChI is InChI=1S/C64H38OSi/c1-3-14-45(15-4-1)66(46-16-5-2-6-17-46)59-21-10-9-20-53(59)64-60(66)35-32-52-49-30-26-42(36-54(49)48-18-7-8-19-50(48)63(52)64)43-27-33-57-55(37-43)56-38-44(28-34-58(56)65-57)47-29-24-41-23-22-39-12-11-13-40-25-31-51(47)62(41)61(39)40/h1-38H. The van der Waals surface area contributed by atoms with Gasteiger partial charge in [0.2, 0.25) is 0 Å². The molecule has 0 radical (unpaired) electrons. The van der Waals surface area contributed by atoms with Crippen molar-refractivity contribution < 1.29 is 4.42 Å². The van der Waals surface area contributed by atoms with Crippen LogP contribution in [0.15, 0.2) is 235 Å². The van der Waals surface area contributed by atoms with Crippen LogP contribution in [0, 0.1) is 0 Å². The zero-order valence-electron chi connectivity index (χ0n) is 35.8. The molecular weight excluding hydrogens is 813 g/mol. The predicted molar refractivity (Wildman–Crippen MR) is 283 cm³/mol. The molecule has 0 spiro atoms. The third kappa shape index (κ3) is 4.78. The third-order valence-corrected chi connectivity index (χ3v) is 19.9. The molecule has 2 heterocycles. The van der Waals surface area contributed by atoms with Crippen LogP contribution in [0.1, 0.15) is 0 Å². The van der Waals surface area contributed by atoms with E-state index in [0.29, 0.717) is 0 Å². The fourth-order valence-corrected chi connectivity index (χ4v) is 17.4. The first-order chi connectivity index (χ1) is 32.7. The van der Waals surface area contributed by atoms with Crippen LogP contribution in [-0.2, 0) is 0 Å². The monoisotopic (exact) mass is 850 g/mol. The summed E-state index contributed by atoms with van der Waals surface area (Å²) in [5.41, 5.74) is 9.36. The van der Waals surface area contributed by atoms with Gasteiger partial charge in [0.05, 0.1) is 0 Å². The van der Waals surface area contributed by atoms with Gasteiger partial charge in [-0.2, -0.15) is 0 Å². The Morgan fingerprint density at radius 3 is 1.56 bits per heavy atom. The van der Waals surface area contributed by atoms with E-state index in [-0.39, 0.29) is 0 Å². The van der Waals surface area contributed by atoms with Gasteiger partial charge in [-0.15, -0.1) is 0 Å². The first-order valence-electron chi connectivity index (χ1n) is 23.0. The molecule has 1 aromatic heterocycles. The van der Waals surface area contributed by atoms with Crippen molar-refractivity contribution in [3.63, 3.8) is 0 Å². The molecule has 1 aliphatic rings. The Balaban J connectivity index is 0.919. The summed E-state index contributed by atoms with van der Waals surface area (Å²) in [6.07, 6.45) is 0. The smallest absolute Gasteiger partial charge is 0.180 e. The Labute approximate surface area is 381 Å². The van der Waals surface area contributed by atoms with E-state index in [4.69, 9.17) is 4.42 Å². The number of benzene rings is 13. The van der Waals surface area contributed by atoms with Gasteiger partial charge in [-0.1, -0.05) is 200 Å². The highest BCUT2D eigenvalue weighted by atomic mass is 28.3. The zero-order valence-corrected chi connectivity index (χ0v) is 36.8. The lowest BCUT2D eigenvalue weighted by Gasteiger charge is -2.31. The minimum atomic E-state index is -2.65. The average molecular weight is 851 g/mol. The summed E-state index contributed by atoms with van der Waals surface area (Å²) in [6, 6.07) is 86.7. The van der Waals surface area contributed by atoms with Gasteiger partial charge in [-0.3, -0.25) is 0 Å². The minimum Gasteiger partial charge on any atom is -0.456 e. The molecule has 1 nitrogen and oxygen atoms in total. The molecule has 1 aliphatic heterocycles. The molecule has 0 saturated heterocycles. The van der Waals surface area contributed by atoms with Gasteiger partial charge in [-0.05, 0) is 149 Å². The number of hydrogen-bond donors (Lipinski definition) is 0. The van der Waals surface area contributed by atoms with Crippen LogP contribution in [0.25, 0.3) is 120 Å². The highest BCUT2D eigenvalue weighted by Crippen LogP contribution is 2.45. The molecule has 13 aromatic carbocycles. The van der Waals surface area contributed by atoms with Gasteiger partial charge in [0.25, 0.3) is 0 Å². The molecule has 0 aliphatic carbocycles. The Morgan fingerprint density at radius 2 is 0.803 bits per heavy atom. The second-order valence-electron chi connectivity index (χ2n) is 18.2. The van der Waals surface area contributed by atoms with Crippen LogP contribution in [0.3, 0.4) is 0 Å². The summed E-state index contributed by atoms with van der Waals surface area (Å²) in [5, 5.41) is 23.6. The van der Waals surface area contributed by atoms with E-state index in [9.17, 15) is 0 Å². The Kier molecular flexibility index (Phi) is 7.31. The van der Waals surface area contributed by atoms with E-state index in [2.05, 4.69) is 231 Å². The molecule has 15 rings (SSSR count). The molecule has 0 N–H and O–H groups in total. The second-order valence-corrected chi connectivity index (χ2v) is 22.0. The fourth-order valence-electron chi connectivity index (χ4n) is 12.3. The van der Waals surface area contributed by atoms with Crippen LogP contribution in [-0.4, -0.2) is 8.07 Å². The molecular formula is C64H38OSi. The number of rotatable bonds is 4. The van der Waals surface area contributed by atoms with Gasteiger partial charge in [0.15, 0.2) is 8.07 Å². The number of furan rings is 1. The van der Waals surface area contributed by atoms with E-state index >= 15 is 0 Å². The number of hydrogen-bond acceptors (Lipinski definition) is 1. The van der Waals surface area contributed by atoms with Gasteiger partial charge in [0.1, 0.15) is 11.2 Å². The van der Waals surface area contributed by atoms with Crippen molar-refractivity contribution in [2.45, 2.75) is 0 Å². The largest absolute Gasteiger partial charge is 0.456 e. The lowest BCUT2D eigenvalue weighted by atomic mass is 9.88. The van der Waals surface area contributed by atoms with Crippen LogP contribution in [0.2, 0.25) is 0 Å². The second kappa shape index (κ2) is 13.4. The van der Waals surface area contributed by atoms with E-state index in [1.54, 1.807) is 0 Å². The zero-order chi connectivity index (χ0) is 43.1. The fraction of sp³-hybridized carbons (Fsp3) is 0. The lowest BCUT2D eigenvalue weighted by molar-refractivity contribution is 0.669. The highest BCUT2D eigenvalue weighted by Gasteiger charge is 2.49. The van der Waals surface area contributed by atoms with Gasteiger partial charge in [-0.25, -0.2) is 0 Å². The van der Waals surface area contributed by atoms with Crippen LogP contribution >= 0.6 is 0 Å². The van der Waals surface area contributed by atoms with Crippen molar-refractivity contribution in [3.05, 3.63) is 231 Å². The van der Waals surface area contributed by atoms with Gasteiger partial charge in [0, 0.05) is 10.8 Å². The van der Waals surface area contributed by atoms with Crippen molar-refractivity contribution in [2.75, 3.05) is 0 Å². The maximum atomic E-state index is 6.53. The van der Waals surface area contributed by atoms with E-state index in [0.717, 1.165) is 21.9 Å². The lowest BCUT2D eigenvalue weighted by Crippen LogP contribution is -2.72. The van der Waals surface area contributed by atoms with Crippen molar-refractivity contribution >= 4 is 115 Å². The highest BCUT2D eigenvalue weighted by molar-refractivity contribution is 7.22. The van der Waals surface area contributed by atoms with E-state index in [1.165, 1.54) is 119 Å².